The minimum Gasteiger partial charge on any atom is -0.494 e. The maximum atomic E-state index is 11.8. The van der Waals surface area contributed by atoms with E-state index in [1.165, 1.54) is 13.2 Å². The van der Waals surface area contributed by atoms with Crippen LogP contribution in [0.5, 0.6) is 5.75 Å². The van der Waals surface area contributed by atoms with Crippen molar-refractivity contribution >= 4 is 56.7 Å². The summed E-state index contributed by atoms with van der Waals surface area (Å²) in [6, 6.07) is 17.4. The zero-order valence-electron chi connectivity index (χ0n) is 22.4. The van der Waals surface area contributed by atoms with Gasteiger partial charge in [0, 0.05) is 19.2 Å². The Hall–Kier alpha value is -5.19. The predicted octanol–water partition coefficient (Wildman–Crippen LogP) is 4.36. The molecule has 0 aliphatic heterocycles. The lowest BCUT2D eigenvalue weighted by molar-refractivity contribution is 0.0697. The maximum Gasteiger partial charge on any atom is 0.337 e. The summed E-state index contributed by atoms with van der Waals surface area (Å²) in [5.41, 5.74) is 1.30. The number of anilines is 5. The number of carbonyl (C=O) groups is 1. The number of azo groups is 1. The Morgan fingerprint density at radius 3 is 2.14 bits per heavy atom. The number of methoxy groups -OCH3 is 1. The third-order valence-corrected chi connectivity index (χ3v) is 6.38. The first-order valence-corrected chi connectivity index (χ1v) is 13.8. The van der Waals surface area contributed by atoms with Crippen molar-refractivity contribution in [1.82, 2.24) is 20.3 Å². The summed E-state index contributed by atoms with van der Waals surface area (Å²) in [6.45, 7) is 1.07. The Morgan fingerprint density at radius 2 is 1.50 bits per heavy atom. The lowest BCUT2D eigenvalue weighted by atomic mass is 10.2. The van der Waals surface area contributed by atoms with Crippen LogP contribution in [0.1, 0.15) is 10.4 Å². The zero-order chi connectivity index (χ0) is 30.1. The van der Waals surface area contributed by atoms with E-state index in [9.17, 15) is 22.9 Å². The van der Waals surface area contributed by atoms with Gasteiger partial charge in [0.05, 0.1) is 40.3 Å². The zero-order valence-corrected chi connectivity index (χ0v) is 23.3. The molecule has 0 bridgehead atoms. The van der Waals surface area contributed by atoms with Gasteiger partial charge in [0.1, 0.15) is 5.75 Å². The number of nitrogens with zero attached hydrogens (tertiary/aromatic N) is 5. The molecular weight excluding hydrogens is 566 g/mol. The van der Waals surface area contributed by atoms with Crippen molar-refractivity contribution in [1.29, 1.82) is 0 Å². The van der Waals surface area contributed by atoms with Gasteiger partial charge in [-0.15, -0.1) is 0 Å². The second-order valence-corrected chi connectivity index (χ2v) is 9.92. The van der Waals surface area contributed by atoms with Crippen LogP contribution >= 0.6 is 0 Å². The lowest BCUT2D eigenvalue weighted by Gasteiger charge is -2.14. The summed E-state index contributed by atoms with van der Waals surface area (Å²) in [4.78, 5) is 24.3. The van der Waals surface area contributed by atoms with Crippen LogP contribution in [0.2, 0.25) is 0 Å². The number of nitrogens with one attached hydrogen (secondary N) is 4. The van der Waals surface area contributed by atoms with Gasteiger partial charge in [0.2, 0.25) is 17.8 Å². The number of carboxylic acid groups (broad SMARTS) is 1. The number of hydrogen-bond acceptors (Lipinski definition) is 13. The molecule has 0 radical (unpaired) electrons. The molecule has 4 aromatic rings. The van der Waals surface area contributed by atoms with Crippen molar-refractivity contribution < 1.29 is 27.6 Å². The first kappa shape index (κ1) is 29.8. The summed E-state index contributed by atoms with van der Waals surface area (Å²) in [6.07, 6.45) is 0. The van der Waals surface area contributed by atoms with E-state index in [0.717, 1.165) is 12.1 Å². The van der Waals surface area contributed by atoms with Gasteiger partial charge < -0.3 is 31.1 Å². The number of aromatic nitrogens is 3. The number of aromatic carboxylic acids is 1. The van der Waals surface area contributed by atoms with Crippen molar-refractivity contribution in [2.24, 2.45) is 10.2 Å². The lowest BCUT2D eigenvalue weighted by Crippen LogP contribution is -2.19. The van der Waals surface area contributed by atoms with Crippen LogP contribution in [0.3, 0.4) is 0 Å². The Balaban J connectivity index is 1.64. The minimum atomic E-state index is -4.62. The summed E-state index contributed by atoms with van der Waals surface area (Å²) in [5, 5.41) is 30.0. The molecule has 0 fully saturated rings. The van der Waals surface area contributed by atoms with Crippen molar-refractivity contribution in [2.75, 3.05) is 43.2 Å². The van der Waals surface area contributed by atoms with Crippen LogP contribution in [-0.4, -0.2) is 66.2 Å². The summed E-state index contributed by atoms with van der Waals surface area (Å²) < 4.78 is 37.8. The highest BCUT2D eigenvalue weighted by Crippen LogP contribution is 2.32. The van der Waals surface area contributed by atoms with E-state index in [-0.39, 0.29) is 23.5 Å². The molecule has 0 aliphatic carbocycles. The SMILES string of the molecule is CNCCNc1nc(Nc2ccc(N=Nc3ccccc3)cc2OC)nc(Nc2ccc(S(=O)(=O)O)cc2C(=O)O)n1. The first-order valence-electron chi connectivity index (χ1n) is 12.3. The molecule has 0 atom stereocenters. The Labute approximate surface area is 240 Å². The van der Waals surface area contributed by atoms with Crippen LogP contribution in [-0.2, 0) is 10.1 Å². The third kappa shape index (κ3) is 7.94. The number of carboxylic acids is 1. The molecule has 0 aliphatic rings. The smallest absolute Gasteiger partial charge is 0.337 e. The van der Waals surface area contributed by atoms with E-state index in [1.807, 2.05) is 30.3 Å². The van der Waals surface area contributed by atoms with Crippen LogP contribution in [0.25, 0.3) is 0 Å². The van der Waals surface area contributed by atoms with Crippen molar-refractivity contribution in [3.63, 3.8) is 0 Å². The molecule has 1 heterocycles. The molecule has 0 saturated carbocycles. The number of hydrogen-bond donors (Lipinski definition) is 6. The standard InChI is InChI=1S/C26H27N9O6S/c1-27-12-13-28-24-31-25(29-20-11-9-18(42(38,39)40)15-19(20)23(36)37)33-26(32-24)30-21-10-8-17(14-22(21)41-2)35-34-16-6-4-3-5-7-16/h3-11,14-15,27H,12-13H2,1-2H3,(H,36,37)(H,38,39,40)(H3,28,29,30,31,32,33). The molecule has 1 aromatic heterocycles. The number of rotatable bonds is 13. The van der Waals surface area contributed by atoms with Gasteiger partial charge in [0.25, 0.3) is 10.1 Å². The van der Waals surface area contributed by atoms with Crippen LogP contribution in [0.4, 0.5) is 40.6 Å². The van der Waals surface area contributed by atoms with Crippen molar-refractivity contribution in [2.45, 2.75) is 4.90 Å². The second-order valence-electron chi connectivity index (χ2n) is 8.49. The molecule has 42 heavy (non-hydrogen) atoms. The molecule has 15 nitrogen and oxygen atoms in total. The van der Waals surface area contributed by atoms with E-state index < -0.39 is 26.5 Å². The summed E-state index contributed by atoms with van der Waals surface area (Å²) in [7, 11) is -1.34. The number of ether oxygens (including phenoxy) is 1. The van der Waals surface area contributed by atoms with Gasteiger partial charge in [-0.1, -0.05) is 18.2 Å². The van der Waals surface area contributed by atoms with Gasteiger partial charge in [-0.2, -0.15) is 33.6 Å². The Morgan fingerprint density at radius 1 is 0.857 bits per heavy atom. The molecule has 0 unspecified atom stereocenters. The minimum absolute atomic E-state index is 0.0149. The number of benzene rings is 3. The highest BCUT2D eigenvalue weighted by Gasteiger charge is 2.18. The molecule has 3 aromatic carbocycles. The van der Waals surface area contributed by atoms with Gasteiger partial charge in [-0.05, 0) is 49.5 Å². The van der Waals surface area contributed by atoms with E-state index in [1.54, 1.807) is 25.2 Å². The van der Waals surface area contributed by atoms with E-state index in [2.05, 4.69) is 46.4 Å². The number of likely N-dealkylation sites (N-methyl/N-ethyl adjacent to an activating group) is 1. The van der Waals surface area contributed by atoms with E-state index >= 15 is 0 Å². The van der Waals surface area contributed by atoms with Crippen LogP contribution in [0, 0.1) is 0 Å². The van der Waals surface area contributed by atoms with Gasteiger partial charge >= 0.3 is 5.97 Å². The fourth-order valence-corrected chi connectivity index (χ4v) is 4.04. The average molecular weight is 594 g/mol. The normalized spacial score (nSPS) is 11.3. The van der Waals surface area contributed by atoms with Gasteiger partial charge in [-0.3, -0.25) is 4.55 Å². The molecule has 0 amide bonds. The Kier molecular flexibility index (Phi) is 9.53. The molecule has 16 heteroatoms. The Bertz CT molecular complexity index is 1700. The molecule has 0 saturated heterocycles. The van der Waals surface area contributed by atoms with Crippen LogP contribution in [0.15, 0.2) is 81.9 Å². The monoisotopic (exact) mass is 593 g/mol. The molecule has 0 spiro atoms. The molecular formula is C26H27N9O6S. The highest BCUT2D eigenvalue weighted by atomic mass is 32.2. The fourth-order valence-electron chi connectivity index (χ4n) is 3.53. The molecule has 4 rings (SSSR count). The molecule has 218 valence electrons. The summed E-state index contributed by atoms with van der Waals surface area (Å²) >= 11 is 0. The van der Waals surface area contributed by atoms with E-state index in [4.69, 9.17) is 4.74 Å². The maximum absolute atomic E-state index is 11.8. The second kappa shape index (κ2) is 13.4. The predicted molar refractivity (Wildman–Crippen MR) is 156 cm³/mol. The third-order valence-electron chi connectivity index (χ3n) is 5.53. The highest BCUT2D eigenvalue weighted by molar-refractivity contribution is 7.85. The summed E-state index contributed by atoms with van der Waals surface area (Å²) in [5.74, 6) is -0.800. The fraction of sp³-hybridized carbons (Fsp3) is 0.154. The first-order chi connectivity index (χ1) is 20.2. The van der Waals surface area contributed by atoms with Crippen molar-refractivity contribution in [3.05, 3.63) is 72.3 Å². The van der Waals surface area contributed by atoms with Crippen LogP contribution < -0.4 is 26.0 Å². The quantitative estimate of drug-likeness (QED) is 0.0723. The molecule has 6 N–H and O–H groups in total. The van der Waals surface area contributed by atoms with E-state index in [0.29, 0.717) is 35.9 Å². The van der Waals surface area contributed by atoms with Gasteiger partial charge in [-0.25, -0.2) is 4.79 Å². The largest absolute Gasteiger partial charge is 0.494 e. The van der Waals surface area contributed by atoms with Gasteiger partial charge in [0.15, 0.2) is 0 Å². The average Bonchev–Trinajstić information content (AvgIpc) is 2.96. The van der Waals surface area contributed by atoms with Crippen molar-refractivity contribution in [3.8, 4) is 5.75 Å². The topological polar surface area (TPSA) is 212 Å².